The zero-order valence-electron chi connectivity index (χ0n) is 15.5. The predicted molar refractivity (Wildman–Crippen MR) is 101 cm³/mol. The van der Waals surface area contributed by atoms with E-state index in [0.717, 1.165) is 11.1 Å². The van der Waals surface area contributed by atoms with E-state index in [1.807, 2.05) is 38.1 Å². The highest BCUT2D eigenvalue weighted by atomic mass is 19.4. The Bertz CT molecular complexity index is 894. The minimum absolute atomic E-state index is 0.176. The first-order valence-corrected chi connectivity index (χ1v) is 8.69. The van der Waals surface area contributed by atoms with Gasteiger partial charge in [-0.3, -0.25) is 0 Å². The van der Waals surface area contributed by atoms with Gasteiger partial charge in [0.15, 0.2) is 0 Å². The van der Waals surface area contributed by atoms with Crippen LogP contribution in [0.25, 0.3) is 0 Å². The summed E-state index contributed by atoms with van der Waals surface area (Å²) in [5.41, 5.74) is 0.327. The number of rotatable bonds is 4. The molecule has 0 radical (unpaired) electrons. The van der Waals surface area contributed by atoms with Gasteiger partial charge in [0.25, 0.3) is 0 Å². The van der Waals surface area contributed by atoms with Crippen molar-refractivity contribution in [2.24, 2.45) is 0 Å². The number of alkyl halides is 3. The van der Waals surface area contributed by atoms with Crippen LogP contribution in [-0.2, 0) is 5.41 Å². The highest BCUT2D eigenvalue weighted by Crippen LogP contribution is 2.46. The molecule has 0 aromatic heterocycles. The quantitative estimate of drug-likeness (QED) is 0.482. The van der Waals surface area contributed by atoms with Crippen LogP contribution in [0.3, 0.4) is 0 Å². The molecule has 3 aromatic carbocycles. The third-order valence-electron chi connectivity index (χ3n) is 4.88. The topological polar surface area (TPSA) is 9.23 Å². The lowest BCUT2D eigenvalue weighted by atomic mass is 9.75. The van der Waals surface area contributed by atoms with Gasteiger partial charge in [-0.2, -0.15) is 13.2 Å². The molecule has 0 bridgehead atoms. The molecule has 1 atom stereocenters. The molecule has 0 saturated heterocycles. The Labute approximate surface area is 157 Å². The first-order chi connectivity index (χ1) is 12.7. The highest BCUT2D eigenvalue weighted by molar-refractivity contribution is 5.44. The molecule has 1 nitrogen and oxygen atoms in total. The minimum atomic E-state index is -4.43. The molecule has 0 N–H and O–H groups in total. The average Bonchev–Trinajstić information content (AvgIpc) is 2.63. The van der Waals surface area contributed by atoms with Crippen molar-refractivity contribution in [3.63, 3.8) is 0 Å². The lowest BCUT2D eigenvalue weighted by molar-refractivity contribution is -0.173. The van der Waals surface area contributed by atoms with Crippen LogP contribution in [0, 0.1) is 13.8 Å². The summed E-state index contributed by atoms with van der Waals surface area (Å²) >= 11 is 0. The van der Waals surface area contributed by atoms with E-state index in [1.54, 1.807) is 36.4 Å². The second kappa shape index (κ2) is 7.10. The molecule has 27 heavy (non-hydrogen) atoms. The van der Waals surface area contributed by atoms with Crippen LogP contribution in [0.1, 0.15) is 29.2 Å². The molecule has 3 rings (SSSR count). The van der Waals surface area contributed by atoms with Crippen LogP contribution in [0.4, 0.5) is 13.2 Å². The van der Waals surface area contributed by atoms with Gasteiger partial charge in [-0.25, -0.2) is 0 Å². The van der Waals surface area contributed by atoms with E-state index in [9.17, 15) is 13.2 Å². The Morgan fingerprint density at radius 2 is 0.926 bits per heavy atom. The molecule has 4 heteroatoms. The van der Waals surface area contributed by atoms with Gasteiger partial charge in [0.05, 0.1) is 0 Å². The van der Waals surface area contributed by atoms with Gasteiger partial charge in [-0.15, -0.1) is 0 Å². The van der Waals surface area contributed by atoms with E-state index < -0.39 is 11.6 Å². The molecule has 0 unspecified atom stereocenters. The van der Waals surface area contributed by atoms with Crippen molar-refractivity contribution in [2.75, 3.05) is 0 Å². The molecule has 0 aliphatic rings. The second-order valence-electron chi connectivity index (χ2n) is 6.93. The normalized spacial score (nSPS) is 13.9. The van der Waals surface area contributed by atoms with Crippen LogP contribution >= 0.6 is 0 Å². The molecule has 3 aromatic rings. The molecule has 0 aliphatic heterocycles. The Balaban J connectivity index is 1.94. The van der Waals surface area contributed by atoms with E-state index in [1.165, 1.54) is 19.1 Å². The molecule has 140 valence electrons. The van der Waals surface area contributed by atoms with Gasteiger partial charge < -0.3 is 4.74 Å². The van der Waals surface area contributed by atoms with Crippen LogP contribution in [-0.4, -0.2) is 6.18 Å². The van der Waals surface area contributed by atoms with E-state index in [2.05, 4.69) is 0 Å². The first kappa shape index (κ1) is 19.0. The van der Waals surface area contributed by atoms with Gasteiger partial charge in [0.1, 0.15) is 16.9 Å². The van der Waals surface area contributed by atoms with Crippen LogP contribution in [0.15, 0.2) is 72.8 Å². The van der Waals surface area contributed by atoms with Crippen molar-refractivity contribution in [1.29, 1.82) is 0 Å². The SMILES string of the molecule is Cc1ccc(Oc2ccc([C@@](C)(c3ccc(C)cc3)C(F)(F)F)cc2)cc1. The summed E-state index contributed by atoms with van der Waals surface area (Å²) in [6, 6.07) is 20.1. The van der Waals surface area contributed by atoms with E-state index in [-0.39, 0.29) is 11.1 Å². The fraction of sp³-hybridized carbons (Fsp3) is 0.217. The minimum Gasteiger partial charge on any atom is -0.457 e. The average molecular weight is 370 g/mol. The van der Waals surface area contributed by atoms with E-state index >= 15 is 0 Å². The summed E-state index contributed by atoms with van der Waals surface area (Å²) in [5.74, 6) is 1.14. The summed E-state index contributed by atoms with van der Waals surface area (Å²) in [6.45, 7) is 5.04. The number of hydrogen-bond acceptors (Lipinski definition) is 1. The standard InChI is InChI=1S/C23H21F3O/c1-16-4-8-18(9-5-16)22(3,23(24,25)26)19-10-14-21(15-11-19)27-20-12-6-17(2)7-13-20/h4-15H,1-3H3/t22-/m1/s1. The third kappa shape index (κ3) is 3.85. The predicted octanol–water partition coefficient (Wildman–Crippen LogP) is 6.96. The van der Waals surface area contributed by atoms with Crippen LogP contribution < -0.4 is 4.74 Å². The Morgan fingerprint density at radius 3 is 1.33 bits per heavy atom. The monoisotopic (exact) mass is 370 g/mol. The van der Waals surface area contributed by atoms with Gasteiger partial charge >= 0.3 is 6.18 Å². The third-order valence-corrected chi connectivity index (χ3v) is 4.88. The maximum absolute atomic E-state index is 14.0. The van der Waals surface area contributed by atoms with Crippen molar-refractivity contribution in [2.45, 2.75) is 32.4 Å². The van der Waals surface area contributed by atoms with E-state index in [0.29, 0.717) is 11.5 Å². The molecule has 0 aliphatic carbocycles. The summed E-state index contributed by atoms with van der Waals surface area (Å²) in [5, 5.41) is 0. The summed E-state index contributed by atoms with van der Waals surface area (Å²) in [7, 11) is 0. The summed E-state index contributed by atoms with van der Waals surface area (Å²) in [6.07, 6.45) is -4.43. The van der Waals surface area contributed by atoms with Gasteiger partial charge in [0, 0.05) is 0 Å². The van der Waals surface area contributed by atoms with E-state index in [4.69, 9.17) is 4.74 Å². The Morgan fingerprint density at radius 1 is 0.593 bits per heavy atom. The second-order valence-corrected chi connectivity index (χ2v) is 6.93. The largest absolute Gasteiger partial charge is 0.457 e. The Hall–Kier alpha value is -2.75. The molecular weight excluding hydrogens is 349 g/mol. The van der Waals surface area contributed by atoms with Crippen molar-refractivity contribution < 1.29 is 17.9 Å². The number of aryl methyl sites for hydroxylation is 2. The van der Waals surface area contributed by atoms with Gasteiger partial charge in [-0.05, 0) is 56.2 Å². The number of ether oxygens (including phenoxy) is 1. The maximum atomic E-state index is 14.0. The molecule has 0 amide bonds. The number of hydrogen-bond donors (Lipinski definition) is 0. The fourth-order valence-corrected chi connectivity index (χ4v) is 2.98. The maximum Gasteiger partial charge on any atom is 0.402 e. The summed E-state index contributed by atoms with van der Waals surface area (Å²) < 4.78 is 47.8. The first-order valence-electron chi connectivity index (χ1n) is 8.69. The van der Waals surface area contributed by atoms with Crippen molar-refractivity contribution in [1.82, 2.24) is 0 Å². The lowest BCUT2D eigenvalue weighted by Gasteiger charge is -2.33. The zero-order valence-corrected chi connectivity index (χ0v) is 15.5. The fourth-order valence-electron chi connectivity index (χ4n) is 2.98. The van der Waals surface area contributed by atoms with Crippen LogP contribution in [0.5, 0.6) is 11.5 Å². The van der Waals surface area contributed by atoms with Crippen LogP contribution in [0.2, 0.25) is 0 Å². The molecular formula is C23H21F3O. The molecule has 0 saturated carbocycles. The van der Waals surface area contributed by atoms with Gasteiger partial charge in [-0.1, -0.05) is 59.7 Å². The zero-order chi connectivity index (χ0) is 19.7. The summed E-state index contributed by atoms with van der Waals surface area (Å²) in [4.78, 5) is 0. The van der Waals surface area contributed by atoms with Crippen molar-refractivity contribution >= 4 is 0 Å². The van der Waals surface area contributed by atoms with Gasteiger partial charge in [0.2, 0.25) is 0 Å². The lowest BCUT2D eigenvalue weighted by Crippen LogP contribution is -2.40. The highest BCUT2D eigenvalue weighted by Gasteiger charge is 2.53. The number of halogens is 3. The molecule has 0 fully saturated rings. The van der Waals surface area contributed by atoms with Crippen molar-refractivity contribution in [3.05, 3.63) is 95.1 Å². The smallest absolute Gasteiger partial charge is 0.402 e. The Kier molecular flexibility index (Phi) is 5.01. The molecule has 0 spiro atoms. The molecule has 0 heterocycles. The van der Waals surface area contributed by atoms with Crippen molar-refractivity contribution in [3.8, 4) is 11.5 Å². The number of benzene rings is 3.